The third-order valence-corrected chi connectivity index (χ3v) is 3.51. The average Bonchev–Trinajstić information content (AvgIpc) is 2.75. The van der Waals surface area contributed by atoms with Crippen molar-refractivity contribution in [2.24, 2.45) is 16.3 Å². The molecule has 0 aliphatic heterocycles. The van der Waals surface area contributed by atoms with Gasteiger partial charge in [-0.1, -0.05) is 24.9 Å². The van der Waals surface area contributed by atoms with Crippen LogP contribution in [0.3, 0.4) is 0 Å². The van der Waals surface area contributed by atoms with Crippen molar-refractivity contribution in [3.63, 3.8) is 0 Å². The SMILES string of the molecule is CC#CC#CC#CC#CC#CC#CC#CC#CC#CC#CC#C/N=N/OS(=O)(=O)CC(C)C. The summed E-state index contributed by atoms with van der Waals surface area (Å²) in [4.78, 5) is 0. The molecule has 33 heavy (non-hydrogen) atoms. The van der Waals surface area contributed by atoms with Gasteiger partial charge in [-0.3, -0.25) is 0 Å². The molecule has 0 saturated heterocycles. The van der Waals surface area contributed by atoms with Gasteiger partial charge in [0, 0.05) is 71.0 Å². The van der Waals surface area contributed by atoms with Crippen LogP contribution in [0.5, 0.6) is 0 Å². The highest BCUT2D eigenvalue weighted by Gasteiger charge is 2.13. The zero-order chi connectivity index (χ0) is 24.5. The lowest BCUT2D eigenvalue weighted by Crippen LogP contribution is -2.11. The number of hydrogen-bond donors (Lipinski definition) is 0. The Labute approximate surface area is 196 Å². The van der Waals surface area contributed by atoms with Gasteiger partial charge in [-0.05, 0) is 60.2 Å². The highest BCUT2D eigenvalue weighted by molar-refractivity contribution is 7.86. The maximum Gasteiger partial charge on any atom is 0.330 e. The fourth-order valence-corrected chi connectivity index (χ4v) is 2.22. The minimum absolute atomic E-state index is 0.0911. The van der Waals surface area contributed by atoms with E-state index < -0.39 is 10.1 Å². The standard InChI is InChI=1S/C27H12N2O3S/c1-4-5-6-7-8-9-10-11-12-13-14-15-16-17-18-19-20-21-22-23-24-25-28-29-32-33(30,31)26-27(2)3/h27H,26H2,1-3H3/b29-28+. The van der Waals surface area contributed by atoms with Crippen LogP contribution in [0.4, 0.5) is 0 Å². The zero-order valence-electron chi connectivity index (χ0n) is 17.8. The van der Waals surface area contributed by atoms with Crippen molar-refractivity contribution in [1.29, 1.82) is 0 Å². The Morgan fingerprint density at radius 1 is 0.606 bits per heavy atom. The van der Waals surface area contributed by atoms with Crippen LogP contribution < -0.4 is 0 Å². The van der Waals surface area contributed by atoms with Crippen molar-refractivity contribution >= 4 is 10.1 Å². The van der Waals surface area contributed by atoms with E-state index in [0.717, 1.165) is 0 Å². The molecular formula is C27H12N2O3S. The Morgan fingerprint density at radius 2 is 0.939 bits per heavy atom. The molecule has 0 aromatic heterocycles. The van der Waals surface area contributed by atoms with Gasteiger partial charge in [-0.15, -0.1) is 0 Å². The summed E-state index contributed by atoms with van der Waals surface area (Å²) in [5, 5.41) is 6.21. The maximum absolute atomic E-state index is 11.3. The van der Waals surface area contributed by atoms with Gasteiger partial charge >= 0.3 is 10.1 Å². The Bertz CT molecular complexity index is 1570. The lowest BCUT2D eigenvalue weighted by molar-refractivity contribution is 0.311. The van der Waals surface area contributed by atoms with Crippen molar-refractivity contribution in [3.8, 4) is 130 Å². The number of rotatable bonds is 4. The van der Waals surface area contributed by atoms with Crippen LogP contribution in [0.2, 0.25) is 0 Å². The molecule has 154 valence electrons. The van der Waals surface area contributed by atoms with Crippen LogP contribution in [0.25, 0.3) is 0 Å². The van der Waals surface area contributed by atoms with Crippen molar-refractivity contribution in [2.75, 3.05) is 5.75 Å². The molecule has 0 unspecified atom stereocenters. The predicted molar refractivity (Wildman–Crippen MR) is 126 cm³/mol. The molecule has 0 rings (SSSR count). The van der Waals surface area contributed by atoms with Crippen LogP contribution in [0, 0.1) is 136 Å². The van der Waals surface area contributed by atoms with Crippen molar-refractivity contribution in [2.45, 2.75) is 20.8 Å². The van der Waals surface area contributed by atoms with E-state index in [2.05, 4.69) is 145 Å². The van der Waals surface area contributed by atoms with Crippen molar-refractivity contribution in [3.05, 3.63) is 0 Å². The first kappa shape index (κ1) is 27.5. The quantitative estimate of drug-likeness (QED) is 0.374. The van der Waals surface area contributed by atoms with E-state index >= 15 is 0 Å². The summed E-state index contributed by atoms with van der Waals surface area (Å²) in [5.41, 5.74) is 0. The smallest absolute Gasteiger partial charge is 0.248 e. The van der Waals surface area contributed by atoms with Gasteiger partial charge in [0.05, 0.1) is 17.1 Å². The van der Waals surface area contributed by atoms with E-state index in [9.17, 15) is 8.42 Å². The topological polar surface area (TPSA) is 68.1 Å². The molecule has 0 fully saturated rings. The second kappa shape index (κ2) is 19.8. The van der Waals surface area contributed by atoms with E-state index in [-0.39, 0.29) is 11.7 Å². The molecule has 0 saturated carbocycles. The average molecular weight is 444 g/mol. The van der Waals surface area contributed by atoms with Gasteiger partial charge in [0.25, 0.3) is 0 Å². The first-order valence-corrected chi connectivity index (χ1v) is 10.3. The molecular weight excluding hydrogens is 432 g/mol. The lowest BCUT2D eigenvalue weighted by Gasteiger charge is -2.01. The third kappa shape index (κ3) is 22.7. The second-order valence-corrected chi connectivity index (χ2v) is 6.83. The van der Waals surface area contributed by atoms with Gasteiger partial charge in [0.15, 0.2) is 0 Å². The molecule has 0 radical (unpaired) electrons. The van der Waals surface area contributed by atoms with Crippen LogP contribution in [-0.4, -0.2) is 14.2 Å². The summed E-state index contributed by atoms with van der Waals surface area (Å²) in [6.07, 6.45) is 0. The van der Waals surface area contributed by atoms with Gasteiger partial charge in [0.2, 0.25) is 0 Å². The Balaban J connectivity index is 4.46. The molecule has 0 N–H and O–H groups in total. The highest BCUT2D eigenvalue weighted by atomic mass is 32.2. The molecule has 0 heterocycles. The molecule has 6 heteroatoms. The van der Waals surface area contributed by atoms with Crippen molar-refractivity contribution < 1.29 is 12.7 Å². The predicted octanol–water partition coefficient (Wildman–Crippen LogP) is 1.37. The number of hydrogen-bond acceptors (Lipinski definition) is 5. The fourth-order valence-electron chi connectivity index (χ4n) is 1.20. The summed E-state index contributed by atoms with van der Waals surface area (Å²) < 4.78 is 27.0. The molecule has 5 nitrogen and oxygen atoms in total. The normalized spacial score (nSPS) is 6.91. The first-order chi connectivity index (χ1) is 16.0. The Kier molecular flexibility index (Phi) is 16.5. The molecule has 0 atom stereocenters. The zero-order valence-corrected chi connectivity index (χ0v) is 18.6. The molecule has 0 amide bonds. The van der Waals surface area contributed by atoms with Gasteiger partial charge in [0.1, 0.15) is 0 Å². The van der Waals surface area contributed by atoms with E-state index in [1.54, 1.807) is 20.8 Å². The van der Waals surface area contributed by atoms with E-state index in [0.29, 0.717) is 0 Å². The molecule has 0 aliphatic rings. The summed E-state index contributed by atoms with van der Waals surface area (Å²) in [5.74, 6) is 51.5. The molecule has 0 spiro atoms. The summed E-state index contributed by atoms with van der Waals surface area (Å²) in [6, 6.07) is 2.14. The van der Waals surface area contributed by atoms with E-state index in [4.69, 9.17) is 0 Å². The van der Waals surface area contributed by atoms with E-state index in [1.807, 2.05) is 0 Å². The molecule has 0 aliphatic carbocycles. The minimum Gasteiger partial charge on any atom is -0.248 e. The van der Waals surface area contributed by atoms with Gasteiger partial charge < -0.3 is 0 Å². The van der Waals surface area contributed by atoms with Crippen LogP contribution in [0.15, 0.2) is 10.4 Å². The lowest BCUT2D eigenvalue weighted by atomic mass is 10.3. The third-order valence-electron chi connectivity index (χ3n) is 2.14. The largest absolute Gasteiger partial charge is 0.330 e. The van der Waals surface area contributed by atoms with Crippen molar-refractivity contribution in [1.82, 2.24) is 0 Å². The second-order valence-electron chi connectivity index (χ2n) is 5.24. The van der Waals surface area contributed by atoms with E-state index in [1.165, 1.54) is 0 Å². The molecule has 0 aromatic carbocycles. The van der Waals surface area contributed by atoms with Gasteiger partial charge in [-0.2, -0.15) is 8.42 Å². The summed E-state index contributed by atoms with van der Waals surface area (Å²) in [7, 11) is -3.75. The Hall–Kier alpha value is -5.49. The first-order valence-electron chi connectivity index (χ1n) is 8.71. The Morgan fingerprint density at radius 3 is 1.27 bits per heavy atom. The maximum atomic E-state index is 11.3. The highest BCUT2D eigenvalue weighted by Crippen LogP contribution is 2.02. The summed E-state index contributed by atoms with van der Waals surface area (Å²) in [6.45, 7) is 5.15. The summed E-state index contributed by atoms with van der Waals surface area (Å²) >= 11 is 0. The molecule has 0 aromatic rings. The minimum atomic E-state index is -3.75. The fraction of sp³-hybridized carbons (Fsp3) is 0.185. The van der Waals surface area contributed by atoms with Gasteiger partial charge in [-0.25, -0.2) is 4.28 Å². The van der Waals surface area contributed by atoms with Crippen LogP contribution >= 0.6 is 0 Å². The molecule has 0 bridgehead atoms. The van der Waals surface area contributed by atoms with Crippen LogP contribution in [-0.2, 0) is 14.4 Å². The van der Waals surface area contributed by atoms with Crippen LogP contribution in [0.1, 0.15) is 20.8 Å². The monoisotopic (exact) mass is 444 g/mol. The number of nitrogens with zero attached hydrogens (tertiary/aromatic N) is 2.